The molecule has 5 atom stereocenters. The van der Waals surface area contributed by atoms with E-state index in [9.17, 15) is 30.1 Å². The van der Waals surface area contributed by atoms with Crippen LogP contribution in [-0.4, -0.2) is 98.9 Å². The molecule has 0 radical (unpaired) electrons. The van der Waals surface area contributed by atoms with Gasteiger partial charge in [-0.25, -0.2) is 4.79 Å². The van der Waals surface area contributed by atoms with Crippen molar-refractivity contribution in [2.24, 2.45) is 5.29 Å². The number of unbranched alkanes of at least 4 members (excludes halogenated alkanes) is 8. The third-order valence-electron chi connectivity index (χ3n) is 6.26. The second kappa shape index (κ2) is 17.4. The number of carbonyl (C=O) groups is 1. The Hall–Kier alpha value is -1.08. The molecule has 0 aromatic heterocycles. The van der Waals surface area contributed by atoms with Crippen LogP contribution >= 0.6 is 11.6 Å². The summed E-state index contributed by atoms with van der Waals surface area (Å²) in [4.78, 5) is 25.4. The quantitative estimate of drug-likeness (QED) is 0.0700. The molecular weight excluding hydrogens is 482 g/mol. The summed E-state index contributed by atoms with van der Waals surface area (Å²) in [5.41, 5.74) is -2.60. The van der Waals surface area contributed by atoms with Crippen LogP contribution in [0.5, 0.6) is 0 Å². The summed E-state index contributed by atoms with van der Waals surface area (Å²) in [6, 6.07) is -1.02. The van der Waals surface area contributed by atoms with Crippen LogP contribution in [0, 0.1) is 4.91 Å². The number of nitroso groups, excluding NO2 is 1. The van der Waals surface area contributed by atoms with Crippen molar-refractivity contribution in [2.45, 2.75) is 108 Å². The topological polar surface area (TPSA) is 152 Å². The lowest BCUT2D eigenvalue weighted by atomic mass is 9.89. The second-order valence-electron chi connectivity index (χ2n) is 8.93. The fourth-order valence-corrected chi connectivity index (χ4v) is 4.29. The van der Waals surface area contributed by atoms with Gasteiger partial charge < -0.3 is 29.9 Å². The Balaban J connectivity index is 3.10. The highest BCUT2D eigenvalue weighted by molar-refractivity contribution is 6.18. The first-order chi connectivity index (χ1) is 16.8. The van der Waals surface area contributed by atoms with Gasteiger partial charge in [0, 0.05) is 19.0 Å². The molecule has 1 rings (SSSR count). The molecule has 4 N–H and O–H groups in total. The minimum Gasteiger partial charge on any atom is -0.394 e. The summed E-state index contributed by atoms with van der Waals surface area (Å²) >= 11 is 5.69. The van der Waals surface area contributed by atoms with Crippen LogP contribution in [0.4, 0.5) is 4.79 Å². The number of amides is 2. The number of halogens is 1. The summed E-state index contributed by atoms with van der Waals surface area (Å²) < 4.78 is 11.0. The Kier molecular flexibility index (Phi) is 15.9. The van der Waals surface area contributed by atoms with Crippen molar-refractivity contribution in [1.82, 2.24) is 9.91 Å². The van der Waals surface area contributed by atoms with Gasteiger partial charge in [-0.15, -0.1) is 16.5 Å². The lowest BCUT2D eigenvalue weighted by Gasteiger charge is -2.52. The molecule has 1 heterocycles. The highest BCUT2D eigenvalue weighted by Crippen LogP contribution is 2.35. The number of ether oxygens (including phenoxy) is 2. The number of aliphatic hydroxyl groups is 4. The predicted molar refractivity (Wildman–Crippen MR) is 132 cm³/mol. The van der Waals surface area contributed by atoms with Crippen LogP contribution in [0.15, 0.2) is 5.29 Å². The molecule has 0 unspecified atom stereocenters. The highest BCUT2D eigenvalue weighted by Gasteiger charge is 2.60. The van der Waals surface area contributed by atoms with E-state index in [0.717, 1.165) is 43.4 Å². The van der Waals surface area contributed by atoms with Crippen LogP contribution < -0.4 is 0 Å². The van der Waals surface area contributed by atoms with Gasteiger partial charge in [-0.05, 0) is 12.8 Å². The third-order valence-corrected chi connectivity index (χ3v) is 6.43. The summed E-state index contributed by atoms with van der Waals surface area (Å²) in [5, 5.41) is 46.5. The maximum Gasteiger partial charge on any atom is 0.345 e. The number of urea groups is 1. The molecule has 12 heteroatoms. The number of alkyl halides is 1. The average Bonchev–Trinajstić information content (AvgIpc) is 2.86. The van der Waals surface area contributed by atoms with Gasteiger partial charge in [0.05, 0.1) is 18.4 Å². The Labute approximate surface area is 213 Å². The minimum atomic E-state index is -2.60. The van der Waals surface area contributed by atoms with E-state index in [1.165, 1.54) is 12.8 Å². The van der Waals surface area contributed by atoms with Crippen LogP contribution in [-0.2, 0) is 9.47 Å². The smallest absolute Gasteiger partial charge is 0.345 e. The maximum atomic E-state index is 13.2. The third kappa shape index (κ3) is 9.07. The molecule has 11 nitrogen and oxygen atoms in total. The first kappa shape index (κ1) is 31.9. The van der Waals surface area contributed by atoms with Gasteiger partial charge in [0.1, 0.15) is 12.2 Å². The minimum absolute atomic E-state index is 0.0768. The molecule has 1 fully saturated rings. The van der Waals surface area contributed by atoms with Crippen molar-refractivity contribution in [3.05, 3.63) is 4.91 Å². The number of aliphatic hydroxyl groups excluding tert-OH is 3. The van der Waals surface area contributed by atoms with Crippen molar-refractivity contribution in [3.63, 3.8) is 0 Å². The maximum absolute atomic E-state index is 13.2. The molecule has 1 aliphatic heterocycles. The zero-order valence-electron chi connectivity index (χ0n) is 21.1. The molecule has 0 aliphatic carbocycles. The van der Waals surface area contributed by atoms with E-state index in [1.54, 1.807) is 0 Å². The van der Waals surface area contributed by atoms with Gasteiger partial charge in [-0.2, -0.15) is 5.01 Å². The number of nitrogens with zero attached hydrogens (tertiary/aromatic N) is 3. The molecule has 0 bridgehead atoms. The lowest BCUT2D eigenvalue weighted by Crippen LogP contribution is -2.75. The van der Waals surface area contributed by atoms with E-state index in [1.807, 2.05) is 6.92 Å². The molecule has 1 aliphatic rings. The molecule has 2 amide bonds. The predicted octanol–water partition coefficient (Wildman–Crippen LogP) is 2.72. The zero-order valence-corrected chi connectivity index (χ0v) is 21.8. The highest BCUT2D eigenvalue weighted by atomic mass is 35.5. The van der Waals surface area contributed by atoms with E-state index < -0.39 is 43.0 Å². The van der Waals surface area contributed by atoms with E-state index in [-0.39, 0.29) is 25.6 Å². The Bertz CT molecular complexity index is 605. The van der Waals surface area contributed by atoms with Crippen molar-refractivity contribution in [2.75, 3.05) is 32.2 Å². The summed E-state index contributed by atoms with van der Waals surface area (Å²) in [5.74, 6) is -0.0856. The summed E-state index contributed by atoms with van der Waals surface area (Å²) in [7, 11) is 0. The van der Waals surface area contributed by atoms with Crippen molar-refractivity contribution < 1.29 is 34.7 Å². The first-order valence-corrected chi connectivity index (χ1v) is 13.3. The number of hydrogen-bond donors (Lipinski definition) is 4. The standard InChI is InChI=1S/C23H44ClN3O8/c1-3-5-7-8-9-10-11-12-14-26(22(31)27(25-33)15-13-24)23(32)19(29)18(17-28)35-21(20(23)30)34-16-6-4-2/h18-21,28-30,32H,3-17H2,1-2H3/t18-,19-,20+,21+,23-/m1/s1. The molecule has 0 spiro atoms. The number of hydrogen-bond acceptors (Lipinski definition) is 9. The van der Waals surface area contributed by atoms with Gasteiger partial charge in [-0.1, -0.05) is 65.2 Å². The molecular formula is C23H44ClN3O8. The van der Waals surface area contributed by atoms with Crippen molar-refractivity contribution in [3.8, 4) is 0 Å². The first-order valence-electron chi connectivity index (χ1n) is 12.8. The SMILES string of the molecule is CCCCCCCCCCN(C(=O)N(CCCl)N=O)[C@@]1(O)[C@H](O)[C@@H](CO)O[C@H](OCCCC)[C@@H]1O. The summed E-state index contributed by atoms with van der Waals surface area (Å²) in [6.07, 6.45) is 2.71. The molecule has 0 aromatic rings. The average molecular weight is 526 g/mol. The van der Waals surface area contributed by atoms with E-state index in [2.05, 4.69) is 12.2 Å². The van der Waals surface area contributed by atoms with Crippen LogP contribution in [0.3, 0.4) is 0 Å². The normalized spacial score (nSPS) is 26.5. The monoisotopic (exact) mass is 525 g/mol. The molecule has 0 aromatic carbocycles. The van der Waals surface area contributed by atoms with Gasteiger partial charge in [0.15, 0.2) is 12.4 Å². The molecule has 206 valence electrons. The number of carbonyl (C=O) groups excluding carboxylic acids is 1. The second-order valence-corrected chi connectivity index (χ2v) is 9.30. The van der Waals surface area contributed by atoms with E-state index in [0.29, 0.717) is 17.9 Å². The Morgan fingerprint density at radius 1 is 1.00 bits per heavy atom. The van der Waals surface area contributed by atoms with Crippen LogP contribution in [0.25, 0.3) is 0 Å². The fourth-order valence-electron chi connectivity index (χ4n) is 4.13. The van der Waals surface area contributed by atoms with Gasteiger partial charge in [0.25, 0.3) is 0 Å². The largest absolute Gasteiger partial charge is 0.394 e. The fraction of sp³-hybridized carbons (Fsp3) is 0.957. The van der Waals surface area contributed by atoms with Crippen molar-refractivity contribution in [1.29, 1.82) is 0 Å². The van der Waals surface area contributed by atoms with Gasteiger partial charge in [-0.3, -0.25) is 4.90 Å². The van der Waals surface area contributed by atoms with Crippen LogP contribution in [0.1, 0.15) is 78.1 Å². The molecule has 35 heavy (non-hydrogen) atoms. The van der Waals surface area contributed by atoms with Gasteiger partial charge >= 0.3 is 6.03 Å². The summed E-state index contributed by atoms with van der Waals surface area (Å²) in [6.45, 7) is 3.30. The van der Waals surface area contributed by atoms with E-state index >= 15 is 0 Å². The van der Waals surface area contributed by atoms with Crippen molar-refractivity contribution >= 4 is 17.6 Å². The van der Waals surface area contributed by atoms with Gasteiger partial charge in [0.2, 0.25) is 5.72 Å². The Morgan fingerprint density at radius 2 is 1.60 bits per heavy atom. The Morgan fingerprint density at radius 3 is 2.14 bits per heavy atom. The molecule has 1 saturated heterocycles. The lowest BCUT2D eigenvalue weighted by molar-refractivity contribution is -0.359. The van der Waals surface area contributed by atoms with E-state index in [4.69, 9.17) is 21.1 Å². The van der Waals surface area contributed by atoms with Crippen LogP contribution in [0.2, 0.25) is 0 Å². The molecule has 0 saturated carbocycles. The number of rotatable bonds is 18. The zero-order chi connectivity index (χ0) is 26.3.